The maximum atomic E-state index is 12.2. The standard InChI is InChI=1S/C23H27NO5/c1-16(2)14-22(26)24-19-9-7-18(8-10-19)21(25)15-29-23(27)13-6-17-4-11-20(28-3)12-5-17/h4-5,7-12,16H,6,13-15H2,1-3H3,(H,24,26). The van der Waals surface area contributed by atoms with Crippen LogP contribution in [0.2, 0.25) is 0 Å². The summed E-state index contributed by atoms with van der Waals surface area (Å²) in [7, 11) is 1.60. The molecule has 0 unspecified atom stereocenters. The monoisotopic (exact) mass is 397 g/mol. The quantitative estimate of drug-likeness (QED) is 0.483. The van der Waals surface area contributed by atoms with Crippen LogP contribution in [0.5, 0.6) is 5.75 Å². The van der Waals surface area contributed by atoms with Crippen molar-refractivity contribution in [2.24, 2.45) is 5.92 Å². The molecular formula is C23H27NO5. The van der Waals surface area contributed by atoms with Crippen molar-refractivity contribution in [3.05, 3.63) is 59.7 Å². The zero-order chi connectivity index (χ0) is 21.2. The van der Waals surface area contributed by atoms with Crippen LogP contribution in [-0.4, -0.2) is 31.4 Å². The third kappa shape index (κ3) is 7.78. The number of ether oxygens (including phenoxy) is 2. The summed E-state index contributed by atoms with van der Waals surface area (Å²) >= 11 is 0. The average molecular weight is 397 g/mol. The molecule has 2 rings (SSSR count). The molecule has 0 aliphatic rings. The van der Waals surface area contributed by atoms with Crippen molar-refractivity contribution in [1.29, 1.82) is 0 Å². The van der Waals surface area contributed by atoms with Crippen molar-refractivity contribution in [2.75, 3.05) is 19.0 Å². The topological polar surface area (TPSA) is 81.7 Å². The molecule has 1 amide bonds. The fourth-order valence-corrected chi connectivity index (χ4v) is 2.66. The van der Waals surface area contributed by atoms with Crippen molar-refractivity contribution >= 4 is 23.3 Å². The molecule has 0 heterocycles. The van der Waals surface area contributed by atoms with Crippen LogP contribution < -0.4 is 10.1 Å². The second-order valence-corrected chi connectivity index (χ2v) is 7.16. The van der Waals surface area contributed by atoms with Gasteiger partial charge in [0.1, 0.15) is 5.75 Å². The first-order chi connectivity index (χ1) is 13.9. The van der Waals surface area contributed by atoms with Gasteiger partial charge in [0.2, 0.25) is 5.91 Å². The van der Waals surface area contributed by atoms with Crippen LogP contribution in [-0.2, 0) is 20.7 Å². The van der Waals surface area contributed by atoms with Gasteiger partial charge >= 0.3 is 5.97 Å². The Morgan fingerprint density at radius 3 is 2.21 bits per heavy atom. The minimum Gasteiger partial charge on any atom is -0.497 e. The minimum atomic E-state index is -0.424. The van der Waals surface area contributed by atoms with Crippen LogP contribution in [0.3, 0.4) is 0 Å². The summed E-state index contributed by atoms with van der Waals surface area (Å²) in [5, 5.41) is 2.79. The number of esters is 1. The molecular weight excluding hydrogens is 370 g/mol. The van der Waals surface area contributed by atoms with Gasteiger partial charge in [-0.05, 0) is 54.3 Å². The zero-order valence-corrected chi connectivity index (χ0v) is 17.1. The van der Waals surface area contributed by atoms with E-state index in [-0.39, 0.29) is 30.6 Å². The lowest BCUT2D eigenvalue weighted by Crippen LogP contribution is -2.15. The number of anilines is 1. The van der Waals surface area contributed by atoms with E-state index in [4.69, 9.17) is 9.47 Å². The van der Waals surface area contributed by atoms with Gasteiger partial charge in [-0.2, -0.15) is 0 Å². The number of nitrogens with one attached hydrogen (secondary N) is 1. The van der Waals surface area contributed by atoms with Crippen LogP contribution in [0, 0.1) is 5.92 Å². The molecule has 0 bridgehead atoms. The molecule has 0 saturated carbocycles. The van der Waals surface area contributed by atoms with Crippen LogP contribution in [0.15, 0.2) is 48.5 Å². The Balaban J connectivity index is 1.76. The summed E-state index contributed by atoms with van der Waals surface area (Å²) in [6, 6.07) is 14.0. The van der Waals surface area contributed by atoms with E-state index in [0.29, 0.717) is 24.1 Å². The summed E-state index contributed by atoms with van der Waals surface area (Å²) in [6.07, 6.45) is 1.16. The number of benzene rings is 2. The van der Waals surface area contributed by atoms with E-state index in [2.05, 4.69) is 5.32 Å². The van der Waals surface area contributed by atoms with Crippen LogP contribution >= 0.6 is 0 Å². The predicted molar refractivity (Wildman–Crippen MR) is 111 cm³/mol. The summed E-state index contributed by atoms with van der Waals surface area (Å²) in [6.45, 7) is 3.64. The Kier molecular flexibility index (Phi) is 8.40. The normalized spacial score (nSPS) is 10.5. The SMILES string of the molecule is COc1ccc(CCC(=O)OCC(=O)c2ccc(NC(=O)CC(C)C)cc2)cc1. The van der Waals surface area contributed by atoms with Crippen LogP contribution in [0.1, 0.15) is 42.6 Å². The number of hydrogen-bond donors (Lipinski definition) is 1. The number of rotatable bonds is 10. The van der Waals surface area contributed by atoms with Gasteiger partial charge in [-0.3, -0.25) is 14.4 Å². The first-order valence-electron chi connectivity index (χ1n) is 9.59. The number of amides is 1. The van der Waals surface area contributed by atoms with Gasteiger partial charge in [-0.1, -0.05) is 26.0 Å². The fourth-order valence-electron chi connectivity index (χ4n) is 2.66. The molecule has 154 valence electrons. The summed E-state index contributed by atoms with van der Waals surface area (Å²) in [4.78, 5) is 35.9. The van der Waals surface area contributed by atoms with Crippen LogP contribution in [0.4, 0.5) is 5.69 Å². The van der Waals surface area contributed by atoms with Gasteiger partial charge < -0.3 is 14.8 Å². The highest BCUT2D eigenvalue weighted by atomic mass is 16.5. The molecule has 6 heteroatoms. The first kappa shape index (κ1) is 22.1. The Bertz CT molecular complexity index is 825. The number of carbonyl (C=O) groups is 3. The third-order valence-corrected chi connectivity index (χ3v) is 4.23. The number of ketones is 1. The van der Waals surface area contributed by atoms with Crippen molar-refractivity contribution in [2.45, 2.75) is 33.1 Å². The van der Waals surface area contributed by atoms with Crippen molar-refractivity contribution < 1.29 is 23.9 Å². The minimum absolute atomic E-state index is 0.0649. The van der Waals surface area contributed by atoms with Crippen molar-refractivity contribution in [3.8, 4) is 5.75 Å². The summed E-state index contributed by atoms with van der Waals surface area (Å²) in [5.74, 6) is 0.252. The van der Waals surface area contributed by atoms with Gasteiger partial charge in [0.05, 0.1) is 7.11 Å². The smallest absolute Gasteiger partial charge is 0.306 e. The van der Waals surface area contributed by atoms with E-state index in [0.717, 1.165) is 11.3 Å². The highest BCUT2D eigenvalue weighted by Gasteiger charge is 2.11. The number of carbonyl (C=O) groups excluding carboxylic acids is 3. The fraction of sp³-hybridized carbons (Fsp3) is 0.348. The maximum absolute atomic E-state index is 12.2. The van der Waals surface area contributed by atoms with Crippen molar-refractivity contribution in [3.63, 3.8) is 0 Å². The number of hydrogen-bond acceptors (Lipinski definition) is 5. The van der Waals surface area contributed by atoms with E-state index in [1.165, 1.54) is 0 Å². The molecule has 0 spiro atoms. The lowest BCUT2D eigenvalue weighted by molar-refractivity contribution is -0.142. The third-order valence-electron chi connectivity index (χ3n) is 4.23. The highest BCUT2D eigenvalue weighted by Crippen LogP contribution is 2.14. The molecule has 2 aromatic carbocycles. The summed E-state index contributed by atoms with van der Waals surface area (Å²) in [5.41, 5.74) is 2.04. The summed E-state index contributed by atoms with van der Waals surface area (Å²) < 4.78 is 10.2. The molecule has 0 fully saturated rings. The van der Waals surface area contributed by atoms with Crippen LogP contribution in [0.25, 0.3) is 0 Å². The lowest BCUT2D eigenvalue weighted by atomic mass is 10.1. The number of aryl methyl sites for hydroxylation is 1. The van der Waals surface area contributed by atoms with E-state index in [9.17, 15) is 14.4 Å². The van der Waals surface area contributed by atoms with E-state index in [1.807, 2.05) is 38.1 Å². The van der Waals surface area contributed by atoms with E-state index in [1.54, 1.807) is 31.4 Å². The van der Waals surface area contributed by atoms with Gasteiger partial charge in [-0.15, -0.1) is 0 Å². The molecule has 0 atom stereocenters. The number of Topliss-reactive ketones (excluding diaryl/α,β-unsaturated/α-hetero) is 1. The zero-order valence-electron chi connectivity index (χ0n) is 17.1. The molecule has 0 aromatic heterocycles. The maximum Gasteiger partial charge on any atom is 0.306 e. The van der Waals surface area contributed by atoms with Gasteiger partial charge in [0.25, 0.3) is 0 Å². The first-order valence-corrected chi connectivity index (χ1v) is 9.59. The molecule has 0 aliphatic carbocycles. The van der Waals surface area contributed by atoms with Gasteiger partial charge in [0.15, 0.2) is 12.4 Å². The second kappa shape index (κ2) is 11.0. The molecule has 2 aromatic rings. The van der Waals surface area contributed by atoms with Gasteiger partial charge in [-0.25, -0.2) is 0 Å². The molecule has 6 nitrogen and oxygen atoms in total. The molecule has 29 heavy (non-hydrogen) atoms. The second-order valence-electron chi connectivity index (χ2n) is 7.16. The van der Waals surface area contributed by atoms with Gasteiger partial charge in [0, 0.05) is 24.1 Å². The molecule has 0 aliphatic heterocycles. The number of methoxy groups -OCH3 is 1. The van der Waals surface area contributed by atoms with E-state index >= 15 is 0 Å². The average Bonchev–Trinajstić information content (AvgIpc) is 2.70. The predicted octanol–water partition coefficient (Wildman–Crippen LogP) is 4.04. The van der Waals surface area contributed by atoms with Crippen molar-refractivity contribution in [1.82, 2.24) is 0 Å². The van der Waals surface area contributed by atoms with E-state index < -0.39 is 5.97 Å². The molecule has 0 saturated heterocycles. The molecule has 1 N–H and O–H groups in total. The Hall–Kier alpha value is -3.15. The Morgan fingerprint density at radius 1 is 0.966 bits per heavy atom. The Labute approximate surface area is 171 Å². The largest absolute Gasteiger partial charge is 0.497 e. The highest BCUT2D eigenvalue weighted by molar-refractivity contribution is 5.98. The lowest BCUT2D eigenvalue weighted by Gasteiger charge is -2.08. The molecule has 0 radical (unpaired) electrons. The Morgan fingerprint density at radius 2 is 1.62 bits per heavy atom.